The van der Waals surface area contributed by atoms with Crippen LogP contribution in [0.2, 0.25) is 0 Å². The second-order valence-corrected chi connectivity index (χ2v) is 4.13. The number of hydrogen-bond donors (Lipinski definition) is 1. The Bertz CT molecular complexity index is 362. The molecule has 1 unspecified atom stereocenters. The van der Waals surface area contributed by atoms with Crippen molar-refractivity contribution >= 4 is 5.91 Å². The van der Waals surface area contributed by atoms with Crippen molar-refractivity contribution in [3.05, 3.63) is 48.6 Å². The molecule has 0 aromatic heterocycles. The number of nitrogens with two attached hydrogens (primary N) is 1. The summed E-state index contributed by atoms with van der Waals surface area (Å²) in [4.78, 5) is 13.5. The van der Waals surface area contributed by atoms with Crippen LogP contribution in [0.4, 0.5) is 0 Å². The molecule has 0 bridgehead atoms. The quantitative estimate of drug-likeness (QED) is 0.757. The first-order chi connectivity index (χ1) is 8.15. The number of rotatable bonds is 6. The molecule has 0 radical (unpaired) electrons. The van der Waals surface area contributed by atoms with Crippen molar-refractivity contribution in [2.75, 3.05) is 13.6 Å². The van der Waals surface area contributed by atoms with Crippen LogP contribution in [0.1, 0.15) is 12.0 Å². The average molecular weight is 232 g/mol. The number of benzene rings is 1. The van der Waals surface area contributed by atoms with Gasteiger partial charge in [-0.05, 0) is 18.4 Å². The van der Waals surface area contributed by atoms with Crippen molar-refractivity contribution in [3.8, 4) is 0 Å². The summed E-state index contributed by atoms with van der Waals surface area (Å²) in [5, 5.41) is 0. The molecule has 0 spiro atoms. The summed E-state index contributed by atoms with van der Waals surface area (Å²) in [6.07, 6.45) is 3.05. The second kappa shape index (κ2) is 6.86. The minimum Gasteiger partial charge on any atom is -0.344 e. The van der Waals surface area contributed by atoms with Gasteiger partial charge in [-0.3, -0.25) is 4.79 Å². The van der Waals surface area contributed by atoms with Crippen LogP contribution in [0.3, 0.4) is 0 Å². The highest BCUT2D eigenvalue weighted by atomic mass is 16.2. The molecule has 1 amide bonds. The van der Waals surface area contributed by atoms with Gasteiger partial charge in [0.05, 0.1) is 6.04 Å². The number of hydrogen-bond acceptors (Lipinski definition) is 2. The predicted octanol–water partition coefficient (Wildman–Crippen LogP) is 1.59. The highest BCUT2D eigenvalue weighted by Gasteiger charge is 2.15. The van der Waals surface area contributed by atoms with Crippen LogP contribution in [0.5, 0.6) is 0 Å². The maximum absolute atomic E-state index is 11.8. The van der Waals surface area contributed by atoms with E-state index in [1.165, 1.54) is 5.56 Å². The van der Waals surface area contributed by atoms with Gasteiger partial charge in [0, 0.05) is 13.6 Å². The van der Waals surface area contributed by atoms with Crippen LogP contribution in [0.15, 0.2) is 43.0 Å². The van der Waals surface area contributed by atoms with Gasteiger partial charge in [-0.15, -0.1) is 6.58 Å². The van der Waals surface area contributed by atoms with Gasteiger partial charge in [0.1, 0.15) is 0 Å². The maximum atomic E-state index is 11.8. The summed E-state index contributed by atoms with van der Waals surface area (Å²) < 4.78 is 0. The van der Waals surface area contributed by atoms with Crippen LogP contribution < -0.4 is 5.73 Å². The van der Waals surface area contributed by atoms with Crippen molar-refractivity contribution in [1.82, 2.24) is 4.90 Å². The first kappa shape index (κ1) is 13.5. The minimum atomic E-state index is -0.465. The molecule has 1 atom stereocenters. The Hall–Kier alpha value is -1.61. The van der Waals surface area contributed by atoms with Crippen molar-refractivity contribution in [2.24, 2.45) is 5.73 Å². The van der Waals surface area contributed by atoms with E-state index in [9.17, 15) is 4.79 Å². The van der Waals surface area contributed by atoms with Gasteiger partial charge in [-0.2, -0.15) is 0 Å². The Kier molecular flexibility index (Phi) is 5.43. The molecule has 3 nitrogen and oxygen atoms in total. The van der Waals surface area contributed by atoms with Gasteiger partial charge >= 0.3 is 0 Å². The number of carbonyl (C=O) groups is 1. The lowest BCUT2D eigenvalue weighted by molar-refractivity contribution is -0.131. The zero-order valence-electron chi connectivity index (χ0n) is 10.3. The average Bonchev–Trinajstić information content (AvgIpc) is 2.36. The molecular weight excluding hydrogens is 212 g/mol. The Morgan fingerprint density at radius 1 is 1.47 bits per heavy atom. The van der Waals surface area contributed by atoms with Crippen LogP contribution in [0.25, 0.3) is 0 Å². The third-order valence-electron chi connectivity index (χ3n) is 2.69. The molecular formula is C14H20N2O. The molecule has 1 rings (SSSR count). The van der Waals surface area contributed by atoms with E-state index in [1.807, 2.05) is 18.2 Å². The molecule has 92 valence electrons. The zero-order valence-corrected chi connectivity index (χ0v) is 10.3. The monoisotopic (exact) mass is 232 g/mol. The minimum absolute atomic E-state index is 0.0270. The van der Waals surface area contributed by atoms with Crippen LogP contribution in [0, 0.1) is 0 Å². The van der Waals surface area contributed by atoms with Gasteiger partial charge < -0.3 is 10.6 Å². The Morgan fingerprint density at radius 3 is 2.71 bits per heavy atom. The Labute approximate surface area is 103 Å². The highest BCUT2D eigenvalue weighted by molar-refractivity contribution is 5.81. The Morgan fingerprint density at radius 2 is 2.12 bits per heavy atom. The van der Waals surface area contributed by atoms with Crippen LogP contribution >= 0.6 is 0 Å². The van der Waals surface area contributed by atoms with E-state index in [0.29, 0.717) is 13.0 Å². The molecule has 0 aliphatic rings. The van der Waals surface area contributed by atoms with Crippen molar-refractivity contribution in [1.29, 1.82) is 0 Å². The molecule has 0 saturated heterocycles. The summed E-state index contributed by atoms with van der Waals surface area (Å²) >= 11 is 0. The molecule has 0 aliphatic carbocycles. The summed E-state index contributed by atoms with van der Waals surface area (Å²) in [7, 11) is 1.79. The molecule has 0 fully saturated rings. The predicted molar refractivity (Wildman–Crippen MR) is 70.6 cm³/mol. The van der Waals surface area contributed by atoms with E-state index in [1.54, 1.807) is 18.0 Å². The summed E-state index contributed by atoms with van der Waals surface area (Å²) in [5.41, 5.74) is 6.96. The Balaban J connectivity index is 2.41. The highest BCUT2D eigenvalue weighted by Crippen LogP contribution is 2.02. The third kappa shape index (κ3) is 4.41. The van der Waals surface area contributed by atoms with Gasteiger partial charge in [0.15, 0.2) is 0 Å². The fourth-order valence-corrected chi connectivity index (χ4v) is 1.62. The van der Waals surface area contributed by atoms with Crippen molar-refractivity contribution in [2.45, 2.75) is 18.9 Å². The molecule has 3 heteroatoms. The number of amides is 1. The van der Waals surface area contributed by atoms with E-state index in [0.717, 1.165) is 6.42 Å². The molecule has 1 aromatic carbocycles. The molecule has 0 heterocycles. The van der Waals surface area contributed by atoms with E-state index in [-0.39, 0.29) is 5.91 Å². The second-order valence-electron chi connectivity index (χ2n) is 4.13. The largest absolute Gasteiger partial charge is 0.344 e. The van der Waals surface area contributed by atoms with Gasteiger partial charge in [0.2, 0.25) is 5.91 Å². The lowest BCUT2D eigenvalue weighted by Crippen LogP contribution is -2.42. The molecule has 0 saturated carbocycles. The van der Waals surface area contributed by atoms with Crippen molar-refractivity contribution < 1.29 is 4.79 Å². The number of carbonyl (C=O) groups excluding carboxylic acids is 1. The van der Waals surface area contributed by atoms with Crippen LogP contribution in [-0.2, 0) is 11.2 Å². The molecule has 1 aromatic rings. The third-order valence-corrected chi connectivity index (χ3v) is 2.69. The molecule has 17 heavy (non-hydrogen) atoms. The first-order valence-electron chi connectivity index (χ1n) is 5.80. The van der Waals surface area contributed by atoms with E-state index in [2.05, 4.69) is 18.7 Å². The van der Waals surface area contributed by atoms with E-state index < -0.39 is 6.04 Å². The number of likely N-dealkylation sites (N-methyl/N-ethyl adjacent to an activating group) is 1. The summed E-state index contributed by atoms with van der Waals surface area (Å²) in [5.74, 6) is -0.0270. The lowest BCUT2D eigenvalue weighted by Gasteiger charge is -2.20. The standard InChI is InChI=1S/C14H20N2O/c1-3-7-13(15)14(17)16(2)11-10-12-8-5-4-6-9-12/h3-6,8-9,13H,1,7,10-11,15H2,2H3. The zero-order chi connectivity index (χ0) is 12.7. The lowest BCUT2D eigenvalue weighted by atomic mass is 10.1. The topological polar surface area (TPSA) is 46.3 Å². The van der Waals surface area contributed by atoms with Gasteiger partial charge in [-0.1, -0.05) is 36.4 Å². The maximum Gasteiger partial charge on any atom is 0.239 e. The van der Waals surface area contributed by atoms with E-state index >= 15 is 0 Å². The van der Waals surface area contributed by atoms with Crippen LogP contribution in [-0.4, -0.2) is 30.4 Å². The number of nitrogens with zero attached hydrogens (tertiary/aromatic N) is 1. The molecule has 0 aliphatic heterocycles. The summed E-state index contributed by atoms with van der Waals surface area (Å²) in [6, 6.07) is 9.64. The summed E-state index contributed by atoms with van der Waals surface area (Å²) in [6.45, 7) is 4.27. The van der Waals surface area contributed by atoms with Crippen molar-refractivity contribution in [3.63, 3.8) is 0 Å². The fourth-order valence-electron chi connectivity index (χ4n) is 1.62. The van der Waals surface area contributed by atoms with E-state index in [4.69, 9.17) is 5.73 Å². The molecule has 2 N–H and O–H groups in total. The van der Waals surface area contributed by atoms with Gasteiger partial charge in [0.25, 0.3) is 0 Å². The fraction of sp³-hybridized carbons (Fsp3) is 0.357. The normalized spacial score (nSPS) is 11.9. The van der Waals surface area contributed by atoms with Gasteiger partial charge in [-0.25, -0.2) is 0 Å². The first-order valence-corrected chi connectivity index (χ1v) is 5.80. The SMILES string of the molecule is C=CCC(N)C(=O)N(C)CCc1ccccc1. The smallest absolute Gasteiger partial charge is 0.239 e.